The Bertz CT molecular complexity index is 781. The van der Waals surface area contributed by atoms with Gasteiger partial charge in [-0.2, -0.15) is 0 Å². The summed E-state index contributed by atoms with van der Waals surface area (Å²) in [5.74, 6) is -0.0817. The summed E-state index contributed by atoms with van der Waals surface area (Å²) < 4.78 is 0. The molecule has 0 fully saturated rings. The third-order valence-corrected chi connectivity index (χ3v) is 3.33. The van der Waals surface area contributed by atoms with Gasteiger partial charge >= 0.3 is 0 Å². The fourth-order valence-electron chi connectivity index (χ4n) is 1.84. The lowest BCUT2D eigenvalue weighted by Crippen LogP contribution is -2.26. The summed E-state index contributed by atoms with van der Waals surface area (Å²) in [6.07, 6.45) is 0. The third-order valence-electron chi connectivity index (χ3n) is 3.33. The minimum Gasteiger partial charge on any atom is -0.508 e. The molecule has 0 aliphatic heterocycles. The summed E-state index contributed by atoms with van der Waals surface area (Å²) >= 11 is 0. The number of aromatic hydroxyl groups is 1. The SMILES string of the molecule is C=C(C)C(=O)N(C)c1ccc(O)cc1.C=C(C)C(=O)Nc1ccccc1. The number of nitrogens with one attached hydrogen (secondary N) is 1. The van der Waals surface area contributed by atoms with Crippen LogP contribution >= 0.6 is 0 Å². The molecule has 0 aliphatic rings. The topological polar surface area (TPSA) is 69.6 Å². The van der Waals surface area contributed by atoms with Gasteiger partial charge in [-0.15, -0.1) is 0 Å². The second kappa shape index (κ2) is 9.84. The molecule has 2 aromatic carbocycles. The maximum atomic E-state index is 11.5. The van der Waals surface area contributed by atoms with Gasteiger partial charge in [-0.3, -0.25) is 9.59 Å². The number of rotatable bonds is 4. The molecule has 0 heterocycles. The van der Waals surface area contributed by atoms with Crippen molar-refractivity contribution in [3.8, 4) is 5.75 Å². The first-order valence-corrected chi connectivity index (χ1v) is 7.97. The second-order valence-corrected chi connectivity index (χ2v) is 5.76. The van der Waals surface area contributed by atoms with E-state index in [9.17, 15) is 9.59 Å². The number of para-hydroxylation sites is 1. The van der Waals surface area contributed by atoms with Crippen molar-refractivity contribution < 1.29 is 14.7 Å². The summed E-state index contributed by atoms with van der Waals surface area (Å²) in [6, 6.07) is 15.7. The monoisotopic (exact) mass is 352 g/mol. The quantitative estimate of drug-likeness (QED) is 0.813. The Morgan fingerprint density at radius 3 is 1.92 bits per heavy atom. The summed E-state index contributed by atoms with van der Waals surface area (Å²) in [7, 11) is 1.67. The highest BCUT2D eigenvalue weighted by Gasteiger charge is 2.10. The summed E-state index contributed by atoms with van der Waals surface area (Å²) in [5.41, 5.74) is 2.53. The predicted octanol–water partition coefficient (Wildman–Crippen LogP) is 4.13. The average molecular weight is 352 g/mol. The predicted molar refractivity (Wildman–Crippen MR) is 106 cm³/mol. The molecular weight excluding hydrogens is 328 g/mol. The summed E-state index contributed by atoms with van der Waals surface area (Å²) in [6.45, 7) is 10.5. The van der Waals surface area contributed by atoms with Crippen LogP contribution in [0.25, 0.3) is 0 Å². The Morgan fingerprint density at radius 1 is 0.923 bits per heavy atom. The summed E-state index contributed by atoms with van der Waals surface area (Å²) in [5, 5.41) is 11.8. The number of carbonyl (C=O) groups is 2. The Balaban J connectivity index is 0.000000263. The van der Waals surface area contributed by atoms with E-state index in [1.54, 1.807) is 33.0 Å². The number of carbonyl (C=O) groups excluding carboxylic acids is 2. The van der Waals surface area contributed by atoms with Crippen molar-refractivity contribution in [3.05, 3.63) is 78.9 Å². The minimum absolute atomic E-state index is 0.129. The van der Waals surface area contributed by atoms with Gasteiger partial charge < -0.3 is 15.3 Å². The zero-order valence-electron chi connectivity index (χ0n) is 15.3. The van der Waals surface area contributed by atoms with Crippen LogP contribution in [0.3, 0.4) is 0 Å². The van der Waals surface area contributed by atoms with Gasteiger partial charge in [-0.1, -0.05) is 31.4 Å². The van der Waals surface area contributed by atoms with Crippen LogP contribution in [-0.2, 0) is 9.59 Å². The van der Waals surface area contributed by atoms with Crippen molar-refractivity contribution in [2.45, 2.75) is 13.8 Å². The van der Waals surface area contributed by atoms with Gasteiger partial charge in [0.25, 0.3) is 11.8 Å². The molecule has 0 aromatic heterocycles. The van der Waals surface area contributed by atoms with Crippen LogP contribution in [0.1, 0.15) is 13.8 Å². The zero-order chi connectivity index (χ0) is 19.7. The van der Waals surface area contributed by atoms with Crippen LogP contribution < -0.4 is 10.2 Å². The number of anilines is 2. The number of phenols is 1. The Morgan fingerprint density at radius 2 is 1.46 bits per heavy atom. The van der Waals surface area contributed by atoms with Crippen molar-refractivity contribution in [2.24, 2.45) is 0 Å². The molecule has 5 nitrogen and oxygen atoms in total. The standard InChI is InChI=1S/C11H13NO2.C10H11NO/c1-8(2)11(14)12(3)9-4-6-10(13)7-5-9;1-8(2)10(12)11-9-6-4-3-5-7-9/h4-7,13H,1H2,2-3H3;3-7H,1H2,2H3,(H,11,12). The third kappa shape index (κ3) is 6.65. The molecule has 26 heavy (non-hydrogen) atoms. The van der Waals surface area contributed by atoms with E-state index >= 15 is 0 Å². The van der Waals surface area contributed by atoms with Crippen LogP contribution in [0.5, 0.6) is 5.75 Å². The largest absolute Gasteiger partial charge is 0.508 e. The molecule has 0 bridgehead atoms. The Kier molecular flexibility index (Phi) is 7.83. The molecule has 0 spiro atoms. The number of hydrogen-bond acceptors (Lipinski definition) is 3. The molecule has 2 rings (SSSR count). The highest BCUT2D eigenvalue weighted by molar-refractivity contribution is 6.04. The first-order chi connectivity index (χ1) is 12.2. The molecule has 0 radical (unpaired) electrons. The molecule has 2 aromatic rings. The van der Waals surface area contributed by atoms with Gasteiger partial charge in [0.1, 0.15) is 5.75 Å². The van der Waals surface area contributed by atoms with E-state index in [1.807, 2.05) is 30.3 Å². The van der Waals surface area contributed by atoms with Gasteiger partial charge in [-0.25, -0.2) is 0 Å². The Hall–Kier alpha value is -3.34. The lowest BCUT2D eigenvalue weighted by molar-refractivity contribution is -0.115. The van der Waals surface area contributed by atoms with E-state index in [2.05, 4.69) is 18.5 Å². The first kappa shape index (κ1) is 20.7. The van der Waals surface area contributed by atoms with Crippen LogP contribution in [0.2, 0.25) is 0 Å². The fraction of sp³-hybridized carbons (Fsp3) is 0.143. The fourth-order valence-corrected chi connectivity index (χ4v) is 1.84. The second-order valence-electron chi connectivity index (χ2n) is 5.76. The van der Waals surface area contributed by atoms with Crippen LogP contribution in [0.15, 0.2) is 78.9 Å². The van der Waals surface area contributed by atoms with Crippen LogP contribution in [0.4, 0.5) is 11.4 Å². The number of benzene rings is 2. The molecular formula is C21H24N2O3. The maximum absolute atomic E-state index is 11.5. The first-order valence-electron chi connectivity index (χ1n) is 7.97. The van der Waals surface area contributed by atoms with Gasteiger partial charge in [0.05, 0.1) is 0 Å². The number of hydrogen-bond donors (Lipinski definition) is 2. The summed E-state index contributed by atoms with van der Waals surface area (Å²) in [4.78, 5) is 24.1. The van der Waals surface area contributed by atoms with E-state index in [0.717, 1.165) is 11.4 Å². The number of amides is 2. The van der Waals surface area contributed by atoms with E-state index in [-0.39, 0.29) is 17.6 Å². The highest BCUT2D eigenvalue weighted by Crippen LogP contribution is 2.18. The normalized spacial score (nSPS) is 9.35. The molecule has 0 atom stereocenters. The number of likely N-dealkylation sites (N-methyl/N-ethyl adjacent to an activating group) is 1. The molecule has 136 valence electrons. The van der Waals surface area contributed by atoms with Crippen molar-refractivity contribution >= 4 is 23.2 Å². The lowest BCUT2D eigenvalue weighted by atomic mass is 10.2. The lowest BCUT2D eigenvalue weighted by Gasteiger charge is -2.16. The van der Waals surface area contributed by atoms with Crippen molar-refractivity contribution in [1.82, 2.24) is 0 Å². The molecule has 5 heteroatoms. The molecule has 0 aliphatic carbocycles. The van der Waals surface area contributed by atoms with Gasteiger partial charge in [0.2, 0.25) is 0 Å². The van der Waals surface area contributed by atoms with Gasteiger partial charge in [-0.05, 0) is 50.2 Å². The Labute approximate surface area is 154 Å². The van der Waals surface area contributed by atoms with E-state index in [4.69, 9.17) is 5.11 Å². The van der Waals surface area contributed by atoms with Crippen molar-refractivity contribution in [2.75, 3.05) is 17.3 Å². The molecule has 2 amide bonds. The highest BCUT2D eigenvalue weighted by atomic mass is 16.3. The number of nitrogens with zero attached hydrogens (tertiary/aromatic N) is 1. The maximum Gasteiger partial charge on any atom is 0.253 e. The van der Waals surface area contributed by atoms with Crippen molar-refractivity contribution in [3.63, 3.8) is 0 Å². The van der Waals surface area contributed by atoms with Crippen LogP contribution in [-0.4, -0.2) is 24.0 Å². The van der Waals surface area contributed by atoms with Gasteiger partial charge in [0, 0.05) is 29.6 Å². The van der Waals surface area contributed by atoms with Gasteiger partial charge in [0.15, 0.2) is 0 Å². The van der Waals surface area contributed by atoms with Crippen molar-refractivity contribution in [1.29, 1.82) is 0 Å². The molecule has 0 saturated heterocycles. The average Bonchev–Trinajstić information content (AvgIpc) is 2.62. The minimum atomic E-state index is -0.138. The molecule has 0 saturated carbocycles. The molecule has 0 unspecified atom stereocenters. The zero-order valence-corrected chi connectivity index (χ0v) is 15.3. The van der Waals surface area contributed by atoms with E-state index in [0.29, 0.717) is 11.1 Å². The molecule has 2 N–H and O–H groups in total. The van der Waals surface area contributed by atoms with E-state index < -0.39 is 0 Å². The smallest absolute Gasteiger partial charge is 0.253 e. The van der Waals surface area contributed by atoms with E-state index in [1.165, 1.54) is 17.0 Å². The van der Waals surface area contributed by atoms with Crippen LogP contribution in [0, 0.1) is 0 Å². The number of phenolic OH excluding ortho intramolecular Hbond substituents is 1.